The highest BCUT2D eigenvalue weighted by Crippen LogP contribution is 2.28. The number of hydrogen-bond acceptors (Lipinski definition) is 5. The summed E-state index contributed by atoms with van der Waals surface area (Å²) in [6, 6.07) is 13.1. The van der Waals surface area contributed by atoms with Gasteiger partial charge in [-0.25, -0.2) is 15.2 Å². The van der Waals surface area contributed by atoms with E-state index < -0.39 is 0 Å². The van der Waals surface area contributed by atoms with Crippen molar-refractivity contribution in [3.8, 4) is 11.6 Å². The molecule has 0 aliphatic carbocycles. The van der Waals surface area contributed by atoms with E-state index in [1.165, 1.54) is 24.3 Å². The van der Waals surface area contributed by atoms with Crippen LogP contribution in [-0.2, 0) is 0 Å². The van der Waals surface area contributed by atoms with E-state index in [0.29, 0.717) is 17.1 Å². The minimum absolute atomic E-state index is 0.251. The van der Waals surface area contributed by atoms with Crippen LogP contribution in [-0.4, -0.2) is 9.97 Å². The van der Waals surface area contributed by atoms with Crippen LogP contribution in [0.15, 0.2) is 48.5 Å². The Bertz CT molecular complexity index is 746. The van der Waals surface area contributed by atoms with Gasteiger partial charge in [-0.15, -0.1) is 0 Å². The van der Waals surface area contributed by atoms with Gasteiger partial charge >= 0.3 is 0 Å². The van der Waals surface area contributed by atoms with Crippen LogP contribution in [0.2, 0.25) is 0 Å². The molecule has 0 saturated heterocycles. The van der Waals surface area contributed by atoms with Crippen molar-refractivity contribution in [1.29, 1.82) is 0 Å². The molecule has 5 nitrogen and oxygen atoms in total. The number of hydrazine groups is 1. The zero-order valence-corrected chi connectivity index (χ0v) is 10.4. The Balaban J connectivity index is 2.07. The van der Waals surface area contributed by atoms with Gasteiger partial charge in [-0.3, -0.25) is 5.43 Å². The topological polar surface area (TPSA) is 73.1 Å². The zero-order chi connectivity index (χ0) is 13.9. The summed E-state index contributed by atoms with van der Waals surface area (Å²) in [4.78, 5) is 8.40. The molecule has 6 heteroatoms. The molecule has 0 aliphatic heterocycles. The number of halogens is 1. The van der Waals surface area contributed by atoms with Crippen molar-refractivity contribution in [2.24, 2.45) is 5.84 Å². The van der Waals surface area contributed by atoms with Gasteiger partial charge in [0.25, 0.3) is 0 Å². The lowest BCUT2D eigenvalue weighted by Gasteiger charge is -2.09. The lowest BCUT2D eigenvalue weighted by Crippen LogP contribution is -2.11. The summed E-state index contributed by atoms with van der Waals surface area (Å²) in [7, 11) is 0. The Morgan fingerprint density at radius 1 is 1.00 bits per heavy atom. The molecule has 0 aliphatic rings. The minimum Gasteiger partial charge on any atom is -0.438 e. The fourth-order valence-electron chi connectivity index (χ4n) is 1.80. The maximum atomic E-state index is 12.9. The summed E-state index contributed by atoms with van der Waals surface area (Å²) < 4.78 is 18.6. The second-order valence-corrected chi connectivity index (χ2v) is 4.07. The van der Waals surface area contributed by atoms with Crippen LogP contribution in [0.1, 0.15) is 0 Å². The predicted molar refractivity (Wildman–Crippen MR) is 73.8 cm³/mol. The van der Waals surface area contributed by atoms with E-state index in [9.17, 15) is 4.39 Å². The summed E-state index contributed by atoms with van der Waals surface area (Å²) in [6.45, 7) is 0. The Morgan fingerprint density at radius 3 is 2.50 bits per heavy atom. The van der Waals surface area contributed by atoms with Gasteiger partial charge in [0, 0.05) is 0 Å². The largest absolute Gasteiger partial charge is 0.438 e. The fourth-order valence-corrected chi connectivity index (χ4v) is 1.80. The molecule has 0 unspecified atom stereocenters. The monoisotopic (exact) mass is 270 g/mol. The first kappa shape index (κ1) is 12.3. The number of nitrogen functional groups attached to an aromatic ring is 1. The zero-order valence-electron chi connectivity index (χ0n) is 10.4. The first-order chi connectivity index (χ1) is 9.76. The van der Waals surface area contributed by atoms with Crippen molar-refractivity contribution in [2.75, 3.05) is 5.43 Å². The summed E-state index contributed by atoms with van der Waals surface area (Å²) >= 11 is 0. The third-order valence-electron chi connectivity index (χ3n) is 2.73. The van der Waals surface area contributed by atoms with E-state index >= 15 is 0 Å². The van der Waals surface area contributed by atoms with Crippen molar-refractivity contribution < 1.29 is 9.13 Å². The number of rotatable bonds is 3. The number of para-hydroxylation sites is 1. The van der Waals surface area contributed by atoms with Crippen molar-refractivity contribution in [3.63, 3.8) is 0 Å². The smallest absolute Gasteiger partial charge is 0.241 e. The van der Waals surface area contributed by atoms with Crippen LogP contribution in [0, 0.1) is 5.82 Å². The van der Waals surface area contributed by atoms with E-state index in [1.807, 2.05) is 24.3 Å². The van der Waals surface area contributed by atoms with Crippen molar-refractivity contribution in [3.05, 3.63) is 54.3 Å². The molecule has 2 aromatic carbocycles. The molecule has 3 N–H and O–H groups in total. The van der Waals surface area contributed by atoms with E-state index in [0.717, 1.165) is 5.39 Å². The average molecular weight is 270 g/mol. The second-order valence-electron chi connectivity index (χ2n) is 4.07. The second kappa shape index (κ2) is 5.10. The molecule has 0 spiro atoms. The SMILES string of the molecule is NNc1nc(Oc2ccc(F)cc2)c2ccccc2n1. The van der Waals surface area contributed by atoms with Gasteiger partial charge in [-0.1, -0.05) is 12.1 Å². The number of anilines is 1. The molecule has 0 atom stereocenters. The Kier molecular flexibility index (Phi) is 3.14. The molecule has 3 rings (SSSR count). The highest BCUT2D eigenvalue weighted by atomic mass is 19.1. The maximum Gasteiger partial charge on any atom is 0.241 e. The average Bonchev–Trinajstić information content (AvgIpc) is 2.49. The molecule has 1 heterocycles. The molecular weight excluding hydrogens is 259 g/mol. The third kappa shape index (κ3) is 2.36. The normalized spacial score (nSPS) is 10.5. The lowest BCUT2D eigenvalue weighted by molar-refractivity contribution is 0.467. The van der Waals surface area contributed by atoms with Crippen LogP contribution in [0.5, 0.6) is 11.6 Å². The number of benzene rings is 2. The Labute approximate surface area is 114 Å². The molecule has 0 fully saturated rings. The number of ether oxygens (including phenoxy) is 1. The third-order valence-corrected chi connectivity index (χ3v) is 2.73. The molecule has 0 saturated carbocycles. The fraction of sp³-hybridized carbons (Fsp3) is 0. The molecular formula is C14H11FN4O. The standard InChI is InChI=1S/C14H11FN4O/c15-9-5-7-10(8-6-9)20-13-11-3-1-2-4-12(11)17-14(18-13)19-16/h1-8H,16H2,(H,17,18,19). The number of nitrogens with two attached hydrogens (primary N) is 1. The maximum absolute atomic E-state index is 12.9. The number of aromatic nitrogens is 2. The van der Waals surface area contributed by atoms with Gasteiger partial charge in [0.15, 0.2) is 0 Å². The van der Waals surface area contributed by atoms with Crippen LogP contribution in [0.4, 0.5) is 10.3 Å². The van der Waals surface area contributed by atoms with Crippen LogP contribution >= 0.6 is 0 Å². The van der Waals surface area contributed by atoms with Gasteiger partial charge in [-0.2, -0.15) is 4.98 Å². The van der Waals surface area contributed by atoms with Gasteiger partial charge in [-0.05, 0) is 36.4 Å². The first-order valence-corrected chi connectivity index (χ1v) is 5.93. The molecule has 0 radical (unpaired) electrons. The number of fused-ring (bicyclic) bond motifs is 1. The highest BCUT2D eigenvalue weighted by molar-refractivity contribution is 5.84. The van der Waals surface area contributed by atoms with Gasteiger partial charge in [0.1, 0.15) is 11.6 Å². The van der Waals surface area contributed by atoms with E-state index in [1.54, 1.807) is 0 Å². The van der Waals surface area contributed by atoms with Gasteiger partial charge in [0.2, 0.25) is 11.8 Å². The summed E-state index contributed by atoms with van der Waals surface area (Å²) in [6.07, 6.45) is 0. The Hall–Kier alpha value is -2.73. The first-order valence-electron chi connectivity index (χ1n) is 5.93. The lowest BCUT2D eigenvalue weighted by atomic mass is 10.2. The van der Waals surface area contributed by atoms with Gasteiger partial charge in [0.05, 0.1) is 10.9 Å². The predicted octanol–water partition coefficient (Wildman–Crippen LogP) is 2.85. The number of nitrogens with zero attached hydrogens (tertiary/aromatic N) is 2. The molecule has 0 amide bonds. The molecule has 1 aromatic heterocycles. The van der Waals surface area contributed by atoms with E-state index in [2.05, 4.69) is 15.4 Å². The quantitative estimate of drug-likeness (QED) is 0.565. The van der Waals surface area contributed by atoms with Gasteiger partial charge < -0.3 is 4.74 Å². The summed E-state index contributed by atoms with van der Waals surface area (Å²) in [5, 5.41) is 0.746. The van der Waals surface area contributed by atoms with Crippen molar-refractivity contribution in [1.82, 2.24) is 9.97 Å². The Morgan fingerprint density at radius 2 is 1.75 bits per heavy atom. The van der Waals surface area contributed by atoms with Crippen LogP contribution in [0.25, 0.3) is 10.9 Å². The molecule has 0 bridgehead atoms. The van der Waals surface area contributed by atoms with Crippen LogP contribution < -0.4 is 16.0 Å². The molecule has 100 valence electrons. The van der Waals surface area contributed by atoms with E-state index in [-0.39, 0.29) is 11.8 Å². The van der Waals surface area contributed by atoms with Crippen molar-refractivity contribution in [2.45, 2.75) is 0 Å². The number of hydrogen-bond donors (Lipinski definition) is 2. The molecule has 20 heavy (non-hydrogen) atoms. The summed E-state index contributed by atoms with van der Waals surface area (Å²) in [5.41, 5.74) is 3.09. The summed E-state index contributed by atoms with van der Waals surface area (Å²) in [5.74, 6) is 6.11. The van der Waals surface area contributed by atoms with Crippen LogP contribution in [0.3, 0.4) is 0 Å². The molecule has 3 aromatic rings. The van der Waals surface area contributed by atoms with Crippen molar-refractivity contribution >= 4 is 16.9 Å². The van der Waals surface area contributed by atoms with E-state index in [4.69, 9.17) is 10.6 Å². The minimum atomic E-state index is -0.325. The highest BCUT2D eigenvalue weighted by Gasteiger charge is 2.09. The number of nitrogens with one attached hydrogen (secondary N) is 1.